The highest BCUT2D eigenvalue weighted by Gasteiger charge is 2.17. The third-order valence-corrected chi connectivity index (χ3v) is 3.71. The lowest BCUT2D eigenvalue weighted by Gasteiger charge is -2.31. The van der Waals surface area contributed by atoms with E-state index in [4.69, 9.17) is 0 Å². The van der Waals surface area contributed by atoms with Gasteiger partial charge in [-0.2, -0.15) is 0 Å². The first-order chi connectivity index (χ1) is 7.76. The molecule has 1 heterocycles. The molecule has 1 saturated heterocycles. The van der Waals surface area contributed by atoms with E-state index in [2.05, 4.69) is 31.0 Å². The van der Waals surface area contributed by atoms with Crippen LogP contribution in [-0.2, 0) is 0 Å². The minimum atomic E-state index is 0.862. The molecule has 1 N–H and O–H groups in total. The molecule has 0 spiro atoms. The first-order valence-corrected chi connectivity index (χ1v) is 7.19. The first kappa shape index (κ1) is 14.0. The predicted molar refractivity (Wildman–Crippen MR) is 71.8 cm³/mol. The maximum Gasteiger partial charge on any atom is 0.00218 e. The molecule has 1 rings (SSSR count). The van der Waals surface area contributed by atoms with E-state index in [9.17, 15) is 0 Å². The Morgan fingerprint density at radius 2 is 2.19 bits per heavy atom. The molecule has 0 aromatic rings. The topological polar surface area (TPSA) is 15.3 Å². The molecule has 0 aromatic carbocycles. The van der Waals surface area contributed by atoms with Crippen molar-refractivity contribution >= 4 is 0 Å². The van der Waals surface area contributed by atoms with Crippen molar-refractivity contribution in [2.24, 2.45) is 11.8 Å². The molecule has 0 amide bonds. The zero-order valence-electron chi connectivity index (χ0n) is 11.5. The summed E-state index contributed by atoms with van der Waals surface area (Å²) in [5.74, 6) is 1.75. The average Bonchev–Trinajstić information content (AvgIpc) is 2.30. The van der Waals surface area contributed by atoms with Crippen LogP contribution in [0.2, 0.25) is 0 Å². The van der Waals surface area contributed by atoms with Gasteiger partial charge in [-0.05, 0) is 50.7 Å². The maximum atomic E-state index is 3.52. The van der Waals surface area contributed by atoms with E-state index in [0.29, 0.717) is 0 Å². The van der Waals surface area contributed by atoms with Crippen molar-refractivity contribution in [2.75, 3.05) is 32.7 Å². The van der Waals surface area contributed by atoms with Crippen LogP contribution in [0.25, 0.3) is 0 Å². The van der Waals surface area contributed by atoms with Crippen molar-refractivity contribution in [2.45, 2.75) is 46.5 Å². The Morgan fingerprint density at radius 1 is 1.38 bits per heavy atom. The maximum absolute atomic E-state index is 3.52. The van der Waals surface area contributed by atoms with Gasteiger partial charge in [-0.25, -0.2) is 0 Å². The Balaban J connectivity index is 2.24. The summed E-state index contributed by atoms with van der Waals surface area (Å²) in [6.45, 7) is 13.3. The van der Waals surface area contributed by atoms with Crippen LogP contribution in [0.1, 0.15) is 46.5 Å². The monoisotopic (exact) mass is 226 g/mol. The van der Waals surface area contributed by atoms with Crippen LogP contribution in [0.3, 0.4) is 0 Å². The Kier molecular flexibility index (Phi) is 7.06. The molecule has 1 aliphatic heterocycles. The number of piperidine rings is 1. The molecule has 0 radical (unpaired) electrons. The third kappa shape index (κ3) is 5.31. The van der Waals surface area contributed by atoms with E-state index in [1.165, 1.54) is 58.4 Å². The lowest BCUT2D eigenvalue weighted by molar-refractivity contribution is 0.190. The van der Waals surface area contributed by atoms with Crippen molar-refractivity contribution in [1.82, 2.24) is 10.2 Å². The second-order valence-electron chi connectivity index (χ2n) is 5.46. The average molecular weight is 226 g/mol. The second kappa shape index (κ2) is 8.08. The summed E-state index contributed by atoms with van der Waals surface area (Å²) in [6.07, 6.45) is 5.49. The molecule has 2 nitrogen and oxygen atoms in total. The SMILES string of the molecule is CCCC(C)CN(CC)CC1CCCNC1. The van der Waals surface area contributed by atoms with Gasteiger partial charge in [0.15, 0.2) is 0 Å². The molecule has 0 saturated carbocycles. The molecule has 0 aromatic heterocycles. The lowest BCUT2D eigenvalue weighted by atomic mass is 9.98. The summed E-state index contributed by atoms with van der Waals surface area (Å²) in [7, 11) is 0. The van der Waals surface area contributed by atoms with Gasteiger partial charge < -0.3 is 10.2 Å². The van der Waals surface area contributed by atoms with E-state index in [1.54, 1.807) is 0 Å². The van der Waals surface area contributed by atoms with Gasteiger partial charge in [0.25, 0.3) is 0 Å². The molecule has 16 heavy (non-hydrogen) atoms. The molecule has 0 aliphatic carbocycles. The van der Waals surface area contributed by atoms with Crippen LogP contribution in [-0.4, -0.2) is 37.6 Å². The van der Waals surface area contributed by atoms with Crippen molar-refractivity contribution in [3.8, 4) is 0 Å². The summed E-state index contributed by atoms with van der Waals surface area (Å²) in [5.41, 5.74) is 0. The van der Waals surface area contributed by atoms with Crippen LogP contribution in [0.4, 0.5) is 0 Å². The second-order valence-corrected chi connectivity index (χ2v) is 5.46. The molecule has 1 aliphatic rings. The van der Waals surface area contributed by atoms with Crippen LogP contribution in [0.15, 0.2) is 0 Å². The number of hydrogen-bond donors (Lipinski definition) is 1. The molecule has 2 atom stereocenters. The molecular formula is C14H30N2. The van der Waals surface area contributed by atoms with Gasteiger partial charge in [0.1, 0.15) is 0 Å². The third-order valence-electron chi connectivity index (χ3n) is 3.71. The summed E-state index contributed by atoms with van der Waals surface area (Å²) in [5, 5.41) is 3.52. The zero-order valence-corrected chi connectivity index (χ0v) is 11.5. The summed E-state index contributed by atoms with van der Waals surface area (Å²) in [6, 6.07) is 0. The van der Waals surface area contributed by atoms with E-state index in [0.717, 1.165) is 11.8 Å². The quantitative estimate of drug-likeness (QED) is 0.718. The van der Waals surface area contributed by atoms with Crippen molar-refractivity contribution in [3.05, 3.63) is 0 Å². The fourth-order valence-electron chi connectivity index (χ4n) is 2.80. The van der Waals surface area contributed by atoms with Gasteiger partial charge in [-0.3, -0.25) is 0 Å². The molecule has 2 heteroatoms. The van der Waals surface area contributed by atoms with Gasteiger partial charge in [0, 0.05) is 13.1 Å². The molecule has 2 unspecified atom stereocenters. The number of nitrogens with zero attached hydrogens (tertiary/aromatic N) is 1. The Labute approximate surface area is 102 Å². The fraction of sp³-hybridized carbons (Fsp3) is 1.00. The summed E-state index contributed by atoms with van der Waals surface area (Å²) >= 11 is 0. The normalized spacial score (nSPS) is 23.6. The lowest BCUT2D eigenvalue weighted by Crippen LogP contribution is -2.39. The van der Waals surface area contributed by atoms with Gasteiger partial charge in [0.05, 0.1) is 0 Å². The minimum absolute atomic E-state index is 0.862. The Morgan fingerprint density at radius 3 is 2.75 bits per heavy atom. The standard InChI is InChI=1S/C14H30N2/c1-4-7-13(3)11-16(5-2)12-14-8-6-9-15-10-14/h13-15H,4-12H2,1-3H3. The van der Waals surface area contributed by atoms with Crippen LogP contribution < -0.4 is 5.32 Å². The molecule has 0 bridgehead atoms. The van der Waals surface area contributed by atoms with E-state index in [-0.39, 0.29) is 0 Å². The van der Waals surface area contributed by atoms with Gasteiger partial charge in [-0.1, -0.05) is 27.2 Å². The van der Waals surface area contributed by atoms with Crippen molar-refractivity contribution in [1.29, 1.82) is 0 Å². The first-order valence-electron chi connectivity index (χ1n) is 7.19. The molecule has 1 fully saturated rings. The highest BCUT2D eigenvalue weighted by Crippen LogP contribution is 2.14. The van der Waals surface area contributed by atoms with Crippen LogP contribution in [0.5, 0.6) is 0 Å². The highest BCUT2D eigenvalue weighted by atomic mass is 15.1. The van der Waals surface area contributed by atoms with Crippen molar-refractivity contribution < 1.29 is 0 Å². The number of nitrogens with one attached hydrogen (secondary N) is 1. The van der Waals surface area contributed by atoms with Gasteiger partial charge in [0.2, 0.25) is 0 Å². The fourth-order valence-corrected chi connectivity index (χ4v) is 2.80. The van der Waals surface area contributed by atoms with E-state index < -0.39 is 0 Å². The van der Waals surface area contributed by atoms with Crippen LogP contribution >= 0.6 is 0 Å². The van der Waals surface area contributed by atoms with E-state index in [1.807, 2.05) is 0 Å². The number of rotatable bonds is 7. The van der Waals surface area contributed by atoms with E-state index >= 15 is 0 Å². The van der Waals surface area contributed by atoms with Crippen LogP contribution in [0, 0.1) is 11.8 Å². The summed E-state index contributed by atoms with van der Waals surface area (Å²) in [4.78, 5) is 2.65. The largest absolute Gasteiger partial charge is 0.316 e. The molecule has 96 valence electrons. The predicted octanol–water partition coefficient (Wildman–Crippen LogP) is 2.74. The smallest absolute Gasteiger partial charge is 0.00218 e. The zero-order chi connectivity index (χ0) is 11.8. The number of hydrogen-bond acceptors (Lipinski definition) is 2. The minimum Gasteiger partial charge on any atom is -0.316 e. The van der Waals surface area contributed by atoms with Crippen molar-refractivity contribution in [3.63, 3.8) is 0 Å². The van der Waals surface area contributed by atoms with Gasteiger partial charge >= 0.3 is 0 Å². The molecular weight excluding hydrogens is 196 g/mol. The Bertz CT molecular complexity index is 164. The Hall–Kier alpha value is -0.0800. The highest BCUT2D eigenvalue weighted by molar-refractivity contribution is 4.73. The van der Waals surface area contributed by atoms with Gasteiger partial charge in [-0.15, -0.1) is 0 Å². The summed E-state index contributed by atoms with van der Waals surface area (Å²) < 4.78 is 0.